The fraction of sp³-hybridized carbons (Fsp3) is 0.417. The highest BCUT2D eigenvalue weighted by Crippen LogP contribution is 2.17. The summed E-state index contributed by atoms with van der Waals surface area (Å²) in [5, 5.41) is 0. The molecule has 82 valence electrons. The van der Waals surface area contributed by atoms with Gasteiger partial charge in [-0.25, -0.2) is 0 Å². The summed E-state index contributed by atoms with van der Waals surface area (Å²) in [4.78, 5) is 11.3. The maximum atomic E-state index is 11.3. The van der Waals surface area contributed by atoms with Crippen LogP contribution in [0.1, 0.15) is 25.8 Å². The first-order valence-corrected chi connectivity index (χ1v) is 5.82. The molecule has 0 aliphatic carbocycles. The van der Waals surface area contributed by atoms with Crippen molar-refractivity contribution in [3.05, 3.63) is 34.3 Å². The first-order chi connectivity index (χ1) is 7.15. The van der Waals surface area contributed by atoms with Gasteiger partial charge in [-0.3, -0.25) is 4.79 Å². The molecule has 0 aliphatic rings. The molecule has 0 bridgehead atoms. The van der Waals surface area contributed by atoms with E-state index in [1.54, 1.807) is 6.92 Å². The molecule has 0 radical (unpaired) electrons. The fourth-order valence-electron chi connectivity index (χ4n) is 1.21. The first kappa shape index (κ1) is 12.4. The highest BCUT2D eigenvalue weighted by atomic mass is 79.9. The normalized spacial score (nSPS) is 12.5. The molecule has 1 aromatic rings. The van der Waals surface area contributed by atoms with Gasteiger partial charge in [0.1, 0.15) is 6.10 Å². The largest absolute Gasteiger partial charge is 0.366 e. The first-order valence-electron chi connectivity index (χ1n) is 5.03. The molecule has 0 saturated heterocycles. The summed E-state index contributed by atoms with van der Waals surface area (Å²) in [5.41, 5.74) is 1.06. The Morgan fingerprint density at radius 1 is 1.47 bits per heavy atom. The van der Waals surface area contributed by atoms with Gasteiger partial charge in [-0.15, -0.1) is 0 Å². The van der Waals surface area contributed by atoms with Crippen LogP contribution in [0.15, 0.2) is 28.7 Å². The Morgan fingerprint density at radius 2 is 2.13 bits per heavy atom. The molecule has 1 atom stereocenters. The zero-order valence-corrected chi connectivity index (χ0v) is 10.6. The van der Waals surface area contributed by atoms with E-state index in [0.29, 0.717) is 13.0 Å². The van der Waals surface area contributed by atoms with Crippen LogP contribution in [0.2, 0.25) is 0 Å². The summed E-state index contributed by atoms with van der Waals surface area (Å²) in [7, 11) is 0. The predicted molar refractivity (Wildman–Crippen MR) is 63.7 cm³/mol. The van der Waals surface area contributed by atoms with E-state index < -0.39 is 0 Å². The van der Waals surface area contributed by atoms with Gasteiger partial charge in [0.25, 0.3) is 0 Å². The molecule has 0 aliphatic heterocycles. The Kier molecular flexibility index (Phi) is 4.99. The van der Waals surface area contributed by atoms with E-state index >= 15 is 0 Å². The number of benzene rings is 1. The van der Waals surface area contributed by atoms with E-state index in [0.717, 1.165) is 10.0 Å². The van der Waals surface area contributed by atoms with Crippen LogP contribution in [0.25, 0.3) is 0 Å². The third kappa shape index (κ3) is 3.76. The highest BCUT2D eigenvalue weighted by Gasteiger charge is 2.11. The van der Waals surface area contributed by atoms with Gasteiger partial charge in [-0.1, -0.05) is 41.1 Å². The maximum Gasteiger partial charge on any atom is 0.161 e. The van der Waals surface area contributed by atoms with Gasteiger partial charge in [0.15, 0.2) is 5.78 Å². The minimum Gasteiger partial charge on any atom is -0.366 e. The monoisotopic (exact) mass is 270 g/mol. The van der Waals surface area contributed by atoms with Crippen LogP contribution in [-0.4, -0.2) is 11.9 Å². The summed E-state index contributed by atoms with van der Waals surface area (Å²) in [6.07, 6.45) is 0.207. The zero-order valence-electron chi connectivity index (χ0n) is 9.00. The standard InChI is InChI=1S/C12H15BrO2/c1-3-12(14)9(2)15-8-10-6-4-5-7-11(10)13/h4-7,9H,3,8H2,1-2H3. The second-order valence-electron chi connectivity index (χ2n) is 3.36. The predicted octanol–water partition coefficient (Wildman–Crippen LogP) is 3.33. The maximum absolute atomic E-state index is 11.3. The van der Waals surface area contributed by atoms with Gasteiger partial charge in [0.2, 0.25) is 0 Å². The van der Waals surface area contributed by atoms with Crippen LogP contribution in [-0.2, 0) is 16.1 Å². The SMILES string of the molecule is CCC(=O)C(C)OCc1ccccc1Br. The molecule has 0 fully saturated rings. The van der Waals surface area contributed by atoms with Gasteiger partial charge < -0.3 is 4.74 Å². The Labute approximate surface area is 98.8 Å². The summed E-state index contributed by atoms with van der Waals surface area (Å²) in [6.45, 7) is 4.11. The Bertz CT molecular complexity index is 336. The third-order valence-corrected chi connectivity index (χ3v) is 3.02. The van der Waals surface area contributed by atoms with Gasteiger partial charge in [0.05, 0.1) is 6.61 Å². The minimum atomic E-state index is -0.317. The molecule has 1 unspecified atom stereocenters. The van der Waals surface area contributed by atoms with Gasteiger partial charge in [0, 0.05) is 10.9 Å². The summed E-state index contributed by atoms with van der Waals surface area (Å²) in [5.74, 6) is 0.141. The molecule has 15 heavy (non-hydrogen) atoms. The van der Waals surface area contributed by atoms with E-state index in [1.807, 2.05) is 31.2 Å². The Balaban J connectivity index is 2.50. The molecule has 3 heteroatoms. The number of hydrogen-bond donors (Lipinski definition) is 0. The highest BCUT2D eigenvalue weighted by molar-refractivity contribution is 9.10. The van der Waals surface area contributed by atoms with Crippen molar-refractivity contribution in [2.45, 2.75) is 33.0 Å². The lowest BCUT2D eigenvalue weighted by atomic mass is 10.2. The van der Waals surface area contributed by atoms with Crippen molar-refractivity contribution in [1.82, 2.24) is 0 Å². The molecule has 0 saturated carbocycles. The Hall–Kier alpha value is -0.670. The number of rotatable bonds is 5. The van der Waals surface area contributed by atoms with Crippen LogP contribution >= 0.6 is 15.9 Å². The number of carbonyl (C=O) groups is 1. The molecule has 1 rings (SSSR count). The average Bonchev–Trinajstić information content (AvgIpc) is 2.26. The van der Waals surface area contributed by atoms with Gasteiger partial charge in [-0.05, 0) is 18.6 Å². The average molecular weight is 271 g/mol. The van der Waals surface area contributed by atoms with Crippen LogP contribution < -0.4 is 0 Å². The molecular formula is C12H15BrO2. The van der Waals surface area contributed by atoms with Crippen LogP contribution in [0, 0.1) is 0 Å². The topological polar surface area (TPSA) is 26.3 Å². The molecule has 0 heterocycles. The van der Waals surface area contributed by atoms with E-state index in [1.165, 1.54) is 0 Å². The molecular weight excluding hydrogens is 256 g/mol. The molecule has 0 N–H and O–H groups in total. The van der Waals surface area contributed by atoms with E-state index in [2.05, 4.69) is 15.9 Å². The number of hydrogen-bond acceptors (Lipinski definition) is 2. The second kappa shape index (κ2) is 6.03. The number of carbonyl (C=O) groups excluding carboxylic acids is 1. The van der Waals surface area contributed by atoms with Crippen LogP contribution in [0.4, 0.5) is 0 Å². The van der Waals surface area contributed by atoms with Crippen molar-refractivity contribution >= 4 is 21.7 Å². The lowest BCUT2D eigenvalue weighted by Gasteiger charge is -2.11. The second-order valence-corrected chi connectivity index (χ2v) is 4.22. The van der Waals surface area contributed by atoms with Crippen LogP contribution in [0.5, 0.6) is 0 Å². The number of ketones is 1. The van der Waals surface area contributed by atoms with Crippen molar-refractivity contribution in [2.24, 2.45) is 0 Å². The van der Waals surface area contributed by atoms with Crippen LogP contribution in [0.3, 0.4) is 0 Å². The molecule has 0 spiro atoms. The van der Waals surface area contributed by atoms with Crippen molar-refractivity contribution in [2.75, 3.05) is 0 Å². The quantitative estimate of drug-likeness (QED) is 0.821. The summed E-state index contributed by atoms with van der Waals surface area (Å²) in [6, 6.07) is 7.85. The lowest BCUT2D eigenvalue weighted by molar-refractivity contribution is -0.129. The number of Topliss-reactive ketones (excluding diaryl/α,β-unsaturated/α-hetero) is 1. The zero-order chi connectivity index (χ0) is 11.3. The lowest BCUT2D eigenvalue weighted by Crippen LogP contribution is -2.19. The molecule has 0 amide bonds. The minimum absolute atomic E-state index is 0.141. The molecule has 2 nitrogen and oxygen atoms in total. The molecule has 0 aromatic heterocycles. The Morgan fingerprint density at radius 3 is 2.73 bits per heavy atom. The summed E-state index contributed by atoms with van der Waals surface area (Å²) < 4.78 is 6.50. The fourth-order valence-corrected chi connectivity index (χ4v) is 1.61. The number of ether oxygens (including phenoxy) is 1. The van der Waals surface area contributed by atoms with Crippen molar-refractivity contribution in [3.8, 4) is 0 Å². The van der Waals surface area contributed by atoms with E-state index in [-0.39, 0.29) is 11.9 Å². The third-order valence-electron chi connectivity index (χ3n) is 2.25. The van der Waals surface area contributed by atoms with Crippen molar-refractivity contribution in [1.29, 1.82) is 0 Å². The smallest absolute Gasteiger partial charge is 0.161 e. The van der Waals surface area contributed by atoms with Gasteiger partial charge in [-0.2, -0.15) is 0 Å². The number of halogens is 1. The van der Waals surface area contributed by atoms with Crippen molar-refractivity contribution < 1.29 is 9.53 Å². The van der Waals surface area contributed by atoms with Gasteiger partial charge >= 0.3 is 0 Å². The van der Waals surface area contributed by atoms with E-state index in [4.69, 9.17) is 4.74 Å². The molecule has 1 aromatic carbocycles. The van der Waals surface area contributed by atoms with Crippen molar-refractivity contribution in [3.63, 3.8) is 0 Å². The summed E-state index contributed by atoms with van der Waals surface area (Å²) >= 11 is 3.44. The van der Waals surface area contributed by atoms with E-state index in [9.17, 15) is 4.79 Å².